The standard InChI is InChI=1S/C16H26ClNO/c1-5-8-19-16-9-12(3)15(17)10-14(16)11(2)6-7-13(4)18/h9-11,13H,5-8,18H2,1-4H3. The van der Waals surface area contributed by atoms with Gasteiger partial charge in [-0.1, -0.05) is 25.4 Å². The molecule has 108 valence electrons. The Hall–Kier alpha value is -0.730. The zero-order valence-corrected chi connectivity index (χ0v) is 13.3. The molecule has 0 bridgehead atoms. The summed E-state index contributed by atoms with van der Waals surface area (Å²) in [5.74, 6) is 1.39. The van der Waals surface area contributed by atoms with E-state index in [4.69, 9.17) is 22.1 Å². The number of hydrogen-bond acceptors (Lipinski definition) is 2. The first-order valence-corrected chi connectivity index (χ1v) is 7.51. The Bertz CT molecular complexity index is 404. The molecule has 0 aliphatic rings. The summed E-state index contributed by atoms with van der Waals surface area (Å²) < 4.78 is 5.86. The monoisotopic (exact) mass is 283 g/mol. The molecular formula is C16H26ClNO. The van der Waals surface area contributed by atoms with Gasteiger partial charge in [0.2, 0.25) is 0 Å². The lowest BCUT2D eigenvalue weighted by Crippen LogP contribution is -2.15. The Morgan fingerprint density at radius 1 is 1.26 bits per heavy atom. The highest BCUT2D eigenvalue weighted by atomic mass is 35.5. The molecule has 3 heteroatoms. The molecule has 2 nitrogen and oxygen atoms in total. The van der Waals surface area contributed by atoms with E-state index in [9.17, 15) is 0 Å². The quantitative estimate of drug-likeness (QED) is 0.789. The summed E-state index contributed by atoms with van der Waals surface area (Å²) in [4.78, 5) is 0. The Labute approximate surface area is 122 Å². The fraction of sp³-hybridized carbons (Fsp3) is 0.625. The average molecular weight is 284 g/mol. The van der Waals surface area contributed by atoms with Gasteiger partial charge in [0, 0.05) is 11.1 Å². The molecule has 1 aromatic carbocycles. The third-order valence-corrected chi connectivity index (χ3v) is 3.75. The van der Waals surface area contributed by atoms with Crippen LogP contribution in [0.15, 0.2) is 12.1 Å². The topological polar surface area (TPSA) is 35.2 Å². The molecule has 0 radical (unpaired) electrons. The van der Waals surface area contributed by atoms with Crippen molar-refractivity contribution in [3.8, 4) is 5.75 Å². The molecule has 2 N–H and O–H groups in total. The summed E-state index contributed by atoms with van der Waals surface area (Å²) >= 11 is 6.25. The molecule has 1 rings (SSSR count). The molecule has 0 aromatic heterocycles. The van der Waals surface area contributed by atoms with Crippen molar-refractivity contribution in [2.75, 3.05) is 6.61 Å². The third-order valence-electron chi connectivity index (χ3n) is 3.34. The first kappa shape index (κ1) is 16.3. The van der Waals surface area contributed by atoms with Crippen LogP contribution < -0.4 is 10.5 Å². The molecule has 2 unspecified atom stereocenters. The molecule has 0 heterocycles. The fourth-order valence-corrected chi connectivity index (χ4v) is 2.23. The number of benzene rings is 1. The minimum Gasteiger partial charge on any atom is -0.493 e. The second-order valence-corrected chi connectivity index (χ2v) is 5.85. The van der Waals surface area contributed by atoms with Gasteiger partial charge in [-0.3, -0.25) is 0 Å². The molecule has 0 saturated heterocycles. The van der Waals surface area contributed by atoms with Crippen LogP contribution in [0.4, 0.5) is 0 Å². The van der Waals surface area contributed by atoms with Gasteiger partial charge >= 0.3 is 0 Å². The summed E-state index contributed by atoms with van der Waals surface area (Å²) in [7, 11) is 0. The van der Waals surface area contributed by atoms with Crippen LogP contribution in [0.5, 0.6) is 5.75 Å². The molecule has 0 amide bonds. The molecular weight excluding hydrogens is 258 g/mol. The first-order chi connectivity index (χ1) is 8.95. The van der Waals surface area contributed by atoms with Crippen molar-refractivity contribution in [3.05, 3.63) is 28.3 Å². The van der Waals surface area contributed by atoms with Crippen LogP contribution in [-0.2, 0) is 0 Å². The lowest BCUT2D eigenvalue weighted by atomic mass is 9.93. The second kappa shape index (κ2) is 7.76. The van der Waals surface area contributed by atoms with E-state index in [2.05, 4.69) is 19.9 Å². The molecule has 2 atom stereocenters. The van der Waals surface area contributed by atoms with Gasteiger partial charge in [0.05, 0.1) is 6.61 Å². The number of aryl methyl sites for hydroxylation is 1. The average Bonchev–Trinajstić information content (AvgIpc) is 2.36. The van der Waals surface area contributed by atoms with Crippen molar-refractivity contribution in [3.63, 3.8) is 0 Å². The van der Waals surface area contributed by atoms with E-state index >= 15 is 0 Å². The van der Waals surface area contributed by atoms with Crippen molar-refractivity contribution in [1.82, 2.24) is 0 Å². The van der Waals surface area contributed by atoms with Crippen LogP contribution in [0.1, 0.15) is 57.1 Å². The van der Waals surface area contributed by atoms with Gasteiger partial charge in [-0.25, -0.2) is 0 Å². The highest BCUT2D eigenvalue weighted by Gasteiger charge is 2.14. The highest BCUT2D eigenvalue weighted by Crippen LogP contribution is 2.34. The number of nitrogens with two attached hydrogens (primary N) is 1. The summed E-state index contributed by atoms with van der Waals surface area (Å²) in [5.41, 5.74) is 8.10. The van der Waals surface area contributed by atoms with Crippen molar-refractivity contribution < 1.29 is 4.74 Å². The number of rotatable bonds is 7. The molecule has 0 fully saturated rings. The maximum Gasteiger partial charge on any atom is 0.123 e. The van der Waals surface area contributed by atoms with Gasteiger partial charge in [0.25, 0.3) is 0 Å². The zero-order chi connectivity index (χ0) is 14.4. The van der Waals surface area contributed by atoms with Gasteiger partial charge < -0.3 is 10.5 Å². The predicted octanol–water partition coefficient (Wildman–Crippen LogP) is 4.67. The third kappa shape index (κ3) is 5.04. The molecule has 0 aliphatic carbocycles. The maximum absolute atomic E-state index is 6.25. The highest BCUT2D eigenvalue weighted by molar-refractivity contribution is 6.31. The Kier molecular flexibility index (Phi) is 6.67. The molecule has 0 spiro atoms. The maximum atomic E-state index is 6.25. The first-order valence-electron chi connectivity index (χ1n) is 7.14. The molecule has 0 saturated carbocycles. The van der Waals surface area contributed by atoms with E-state index in [0.717, 1.165) is 42.2 Å². The Balaban J connectivity index is 2.92. The summed E-state index contributed by atoms with van der Waals surface area (Å²) in [5, 5.41) is 0.812. The van der Waals surface area contributed by atoms with Gasteiger partial charge in [0.15, 0.2) is 0 Å². The predicted molar refractivity (Wildman–Crippen MR) is 83.3 cm³/mol. The van der Waals surface area contributed by atoms with E-state index < -0.39 is 0 Å². The van der Waals surface area contributed by atoms with Crippen molar-refractivity contribution >= 4 is 11.6 Å². The molecule has 19 heavy (non-hydrogen) atoms. The minimum atomic E-state index is 0.239. The zero-order valence-electron chi connectivity index (χ0n) is 12.5. The van der Waals surface area contributed by atoms with Gasteiger partial charge in [0.1, 0.15) is 5.75 Å². The van der Waals surface area contributed by atoms with Crippen LogP contribution in [0.3, 0.4) is 0 Å². The fourth-order valence-electron chi connectivity index (χ4n) is 2.06. The Morgan fingerprint density at radius 2 is 1.95 bits per heavy atom. The van der Waals surface area contributed by atoms with Crippen molar-refractivity contribution in [2.45, 2.75) is 58.9 Å². The number of halogens is 1. The number of hydrogen-bond donors (Lipinski definition) is 1. The normalized spacial score (nSPS) is 14.2. The van der Waals surface area contributed by atoms with Crippen molar-refractivity contribution in [2.24, 2.45) is 5.73 Å². The van der Waals surface area contributed by atoms with Crippen LogP contribution in [0, 0.1) is 6.92 Å². The van der Waals surface area contributed by atoms with Gasteiger partial charge in [-0.15, -0.1) is 0 Å². The summed E-state index contributed by atoms with van der Waals surface area (Å²) in [6, 6.07) is 4.34. The van der Waals surface area contributed by atoms with E-state index in [1.165, 1.54) is 5.56 Å². The lowest BCUT2D eigenvalue weighted by molar-refractivity contribution is 0.311. The summed E-state index contributed by atoms with van der Waals surface area (Å²) in [6.07, 6.45) is 3.08. The Morgan fingerprint density at radius 3 is 2.53 bits per heavy atom. The van der Waals surface area contributed by atoms with E-state index in [1.807, 2.05) is 19.9 Å². The lowest BCUT2D eigenvalue weighted by Gasteiger charge is -2.19. The summed E-state index contributed by atoms with van der Waals surface area (Å²) in [6.45, 7) is 9.12. The van der Waals surface area contributed by atoms with E-state index in [1.54, 1.807) is 0 Å². The van der Waals surface area contributed by atoms with E-state index in [-0.39, 0.29) is 6.04 Å². The second-order valence-electron chi connectivity index (χ2n) is 5.44. The minimum absolute atomic E-state index is 0.239. The van der Waals surface area contributed by atoms with Crippen LogP contribution in [-0.4, -0.2) is 12.6 Å². The van der Waals surface area contributed by atoms with Crippen molar-refractivity contribution in [1.29, 1.82) is 0 Å². The molecule has 1 aromatic rings. The van der Waals surface area contributed by atoms with Crippen LogP contribution in [0.25, 0.3) is 0 Å². The SMILES string of the molecule is CCCOc1cc(C)c(Cl)cc1C(C)CCC(C)N. The van der Waals surface area contributed by atoms with Crippen LogP contribution in [0.2, 0.25) is 5.02 Å². The van der Waals surface area contributed by atoms with Gasteiger partial charge in [-0.2, -0.15) is 0 Å². The number of ether oxygens (including phenoxy) is 1. The van der Waals surface area contributed by atoms with E-state index in [0.29, 0.717) is 5.92 Å². The van der Waals surface area contributed by atoms with Gasteiger partial charge in [-0.05, 0) is 62.3 Å². The van der Waals surface area contributed by atoms with Crippen LogP contribution >= 0.6 is 11.6 Å². The smallest absolute Gasteiger partial charge is 0.123 e. The molecule has 0 aliphatic heterocycles. The largest absolute Gasteiger partial charge is 0.493 e.